The number of pyridine rings is 1. The topological polar surface area (TPSA) is 47.2 Å². The molecule has 0 spiro atoms. The summed E-state index contributed by atoms with van der Waals surface area (Å²) in [4.78, 5) is 12.8. The van der Waals surface area contributed by atoms with Gasteiger partial charge in [0.05, 0.1) is 0 Å². The van der Waals surface area contributed by atoms with E-state index in [1.54, 1.807) is 0 Å². The second-order valence-electron chi connectivity index (χ2n) is 6.97. The zero-order valence-electron chi connectivity index (χ0n) is 15.4. The summed E-state index contributed by atoms with van der Waals surface area (Å²) in [7, 11) is 0. The number of H-pyrrole nitrogens is 1. The highest BCUT2D eigenvalue weighted by Crippen LogP contribution is 2.27. The Bertz CT molecular complexity index is 821. The van der Waals surface area contributed by atoms with Gasteiger partial charge < -0.3 is 15.2 Å². The minimum absolute atomic E-state index is 0.435. The smallest absolute Gasteiger partial charge is 0.126 e. The van der Waals surface area contributed by atoms with E-state index in [4.69, 9.17) is 0 Å². The predicted molar refractivity (Wildman–Crippen MR) is 109 cm³/mol. The fourth-order valence-corrected chi connectivity index (χ4v) is 3.76. The van der Waals surface area contributed by atoms with Crippen LogP contribution in [0.5, 0.6) is 0 Å². The van der Waals surface area contributed by atoms with Gasteiger partial charge in [0.2, 0.25) is 0 Å². The van der Waals surface area contributed by atoms with E-state index < -0.39 is 0 Å². The van der Waals surface area contributed by atoms with E-state index in [1.165, 1.54) is 16.6 Å². The van der Waals surface area contributed by atoms with E-state index in [2.05, 4.69) is 56.3 Å². The molecule has 136 valence electrons. The molecule has 3 heterocycles. The van der Waals surface area contributed by atoms with Gasteiger partial charge in [-0.3, -0.25) is 4.90 Å². The molecular weight excluding hydrogens is 322 g/mol. The van der Waals surface area contributed by atoms with Crippen LogP contribution in [0.2, 0.25) is 0 Å². The molecule has 2 aromatic heterocycles. The molecule has 0 saturated carbocycles. The average Bonchev–Trinajstić information content (AvgIpc) is 3.18. The lowest BCUT2D eigenvalue weighted by Crippen LogP contribution is -2.49. The maximum absolute atomic E-state index is 4.39. The van der Waals surface area contributed by atoms with Crippen LogP contribution in [0.25, 0.3) is 10.9 Å². The van der Waals surface area contributed by atoms with Crippen LogP contribution in [0.1, 0.15) is 13.3 Å². The highest BCUT2D eigenvalue weighted by Gasteiger charge is 2.21. The Hall–Kier alpha value is -2.53. The molecule has 3 aromatic rings. The number of aromatic amines is 1. The van der Waals surface area contributed by atoms with Crippen LogP contribution < -0.4 is 10.2 Å². The number of rotatable bonds is 6. The summed E-state index contributed by atoms with van der Waals surface area (Å²) < 4.78 is 0. The Morgan fingerprint density at radius 3 is 2.73 bits per heavy atom. The van der Waals surface area contributed by atoms with Crippen molar-refractivity contribution >= 4 is 22.4 Å². The molecule has 0 unspecified atom stereocenters. The first-order valence-corrected chi connectivity index (χ1v) is 9.54. The molecule has 5 nitrogen and oxygen atoms in total. The van der Waals surface area contributed by atoms with Gasteiger partial charge in [0.25, 0.3) is 0 Å². The summed E-state index contributed by atoms with van der Waals surface area (Å²) in [6.07, 6.45) is 4.97. The Morgan fingerprint density at radius 2 is 1.96 bits per heavy atom. The molecule has 4 rings (SSSR count). The Morgan fingerprint density at radius 1 is 1.08 bits per heavy atom. The molecule has 5 heteroatoms. The first kappa shape index (κ1) is 16.9. The number of nitrogens with one attached hydrogen (secondary N) is 2. The summed E-state index contributed by atoms with van der Waals surface area (Å²) >= 11 is 0. The zero-order chi connectivity index (χ0) is 17.8. The number of piperazine rings is 1. The minimum atomic E-state index is 0.435. The summed E-state index contributed by atoms with van der Waals surface area (Å²) in [6, 6.07) is 15.2. The van der Waals surface area contributed by atoms with Crippen LogP contribution in [-0.2, 0) is 0 Å². The molecule has 2 N–H and O–H groups in total. The van der Waals surface area contributed by atoms with Gasteiger partial charge in [-0.25, -0.2) is 4.98 Å². The summed E-state index contributed by atoms with van der Waals surface area (Å²) in [5.74, 6) is 0.970. The van der Waals surface area contributed by atoms with E-state index in [-0.39, 0.29) is 0 Å². The third-order valence-corrected chi connectivity index (χ3v) is 5.27. The average molecular weight is 349 g/mol. The number of hydrogen-bond acceptors (Lipinski definition) is 4. The van der Waals surface area contributed by atoms with E-state index in [0.29, 0.717) is 6.04 Å². The van der Waals surface area contributed by atoms with Crippen LogP contribution in [0.4, 0.5) is 11.5 Å². The second kappa shape index (κ2) is 7.79. The lowest BCUT2D eigenvalue weighted by Gasteiger charge is -2.38. The quantitative estimate of drug-likeness (QED) is 0.714. The van der Waals surface area contributed by atoms with Gasteiger partial charge in [-0.05, 0) is 36.8 Å². The fraction of sp³-hybridized carbons (Fsp3) is 0.381. The molecule has 1 atom stereocenters. The normalized spacial score (nSPS) is 16.7. The van der Waals surface area contributed by atoms with Crippen LogP contribution in [0, 0.1) is 0 Å². The van der Waals surface area contributed by atoms with E-state index in [1.807, 2.05) is 30.6 Å². The maximum atomic E-state index is 4.39. The van der Waals surface area contributed by atoms with Gasteiger partial charge in [0.1, 0.15) is 5.82 Å². The van der Waals surface area contributed by atoms with Gasteiger partial charge >= 0.3 is 0 Å². The molecule has 0 aliphatic carbocycles. The number of hydrogen-bond donors (Lipinski definition) is 2. The van der Waals surface area contributed by atoms with Crippen molar-refractivity contribution in [3.05, 3.63) is 54.9 Å². The molecule has 0 radical (unpaired) electrons. The lowest BCUT2D eigenvalue weighted by atomic mass is 10.1. The Kier molecular flexibility index (Phi) is 5.07. The summed E-state index contributed by atoms with van der Waals surface area (Å²) in [6.45, 7) is 7.65. The van der Waals surface area contributed by atoms with Gasteiger partial charge in [-0.2, -0.15) is 0 Å². The highest BCUT2D eigenvalue weighted by atomic mass is 15.3. The minimum Gasteiger partial charge on any atom is -0.368 e. The molecule has 26 heavy (non-hydrogen) atoms. The first-order chi connectivity index (χ1) is 12.8. The van der Waals surface area contributed by atoms with E-state index in [0.717, 1.165) is 45.0 Å². The number of anilines is 2. The summed E-state index contributed by atoms with van der Waals surface area (Å²) in [5, 5.41) is 4.89. The highest BCUT2D eigenvalue weighted by molar-refractivity contribution is 5.92. The molecule has 1 aliphatic heterocycles. The van der Waals surface area contributed by atoms with Crippen molar-refractivity contribution in [2.75, 3.05) is 42.9 Å². The monoisotopic (exact) mass is 349 g/mol. The Balaban J connectivity index is 1.35. The molecule has 1 saturated heterocycles. The third kappa shape index (κ3) is 3.68. The first-order valence-electron chi connectivity index (χ1n) is 9.54. The third-order valence-electron chi connectivity index (χ3n) is 5.27. The maximum Gasteiger partial charge on any atom is 0.126 e. The standard InChI is InChI=1S/C21H27N5/c1-2-17(24-21-8-3-4-10-23-21)16-25-12-14-26(15-13-25)20-7-5-6-19-18(20)9-11-22-19/h3-11,17,22H,2,12-16H2,1H3,(H,23,24)/t17-/m1/s1. The predicted octanol–water partition coefficient (Wildman–Crippen LogP) is 3.58. The van der Waals surface area contributed by atoms with Crippen molar-refractivity contribution < 1.29 is 0 Å². The van der Waals surface area contributed by atoms with Crippen molar-refractivity contribution in [2.24, 2.45) is 0 Å². The largest absolute Gasteiger partial charge is 0.368 e. The van der Waals surface area contributed by atoms with E-state index in [9.17, 15) is 0 Å². The zero-order valence-corrected chi connectivity index (χ0v) is 15.4. The SMILES string of the molecule is CC[C@H](CN1CCN(c2cccc3[nH]ccc23)CC1)Nc1ccccn1. The summed E-state index contributed by atoms with van der Waals surface area (Å²) in [5.41, 5.74) is 2.57. The van der Waals surface area contributed by atoms with Crippen molar-refractivity contribution in [3.63, 3.8) is 0 Å². The number of nitrogens with zero attached hydrogens (tertiary/aromatic N) is 3. The van der Waals surface area contributed by atoms with Crippen molar-refractivity contribution in [2.45, 2.75) is 19.4 Å². The van der Waals surface area contributed by atoms with Crippen molar-refractivity contribution in [1.29, 1.82) is 0 Å². The van der Waals surface area contributed by atoms with E-state index >= 15 is 0 Å². The Labute approximate surface area is 155 Å². The molecule has 0 bridgehead atoms. The lowest BCUT2D eigenvalue weighted by molar-refractivity contribution is 0.246. The molecule has 0 amide bonds. The van der Waals surface area contributed by atoms with Gasteiger partial charge in [-0.1, -0.05) is 19.1 Å². The number of aromatic nitrogens is 2. The van der Waals surface area contributed by atoms with Crippen LogP contribution in [-0.4, -0.2) is 53.6 Å². The van der Waals surface area contributed by atoms with Gasteiger partial charge in [0.15, 0.2) is 0 Å². The molecular formula is C21H27N5. The molecule has 1 aliphatic rings. The van der Waals surface area contributed by atoms with Crippen LogP contribution in [0.3, 0.4) is 0 Å². The number of benzene rings is 1. The fourth-order valence-electron chi connectivity index (χ4n) is 3.76. The van der Waals surface area contributed by atoms with Crippen molar-refractivity contribution in [3.8, 4) is 0 Å². The molecule has 1 aromatic carbocycles. The van der Waals surface area contributed by atoms with Gasteiger partial charge in [-0.15, -0.1) is 0 Å². The van der Waals surface area contributed by atoms with Crippen LogP contribution in [0.15, 0.2) is 54.9 Å². The number of fused-ring (bicyclic) bond motifs is 1. The van der Waals surface area contributed by atoms with Crippen molar-refractivity contribution in [1.82, 2.24) is 14.9 Å². The van der Waals surface area contributed by atoms with Gasteiger partial charge in [0, 0.05) is 67.7 Å². The molecule has 1 fully saturated rings. The second-order valence-corrected chi connectivity index (χ2v) is 6.97. The van der Waals surface area contributed by atoms with Crippen LogP contribution >= 0.6 is 0 Å².